The molecule has 3 rings (SSSR count). The van der Waals surface area contributed by atoms with Crippen molar-refractivity contribution in [1.82, 2.24) is 9.78 Å². The second-order valence-corrected chi connectivity index (χ2v) is 9.50. The molecule has 0 radical (unpaired) electrons. The Morgan fingerprint density at radius 1 is 1.27 bits per heavy atom. The molecule has 1 fully saturated rings. The Hall–Kier alpha value is -2.65. The summed E-state index contributed by atoms with van der Waals surface area (Å²) in [4.78, 5) is 24.3. The number of ether oxygens (including phenoxy) is 1. The van der Waals surface area contributed by atoms with E-state index < -0.39 is 27.2 Å². The van der Waals surface area contributed by atoms with E-state index in [0.717, 1.165) is 6.26 Å². The van der Waals surface area contributed by atoms with Crippen LogP contribution in [-0.4, -0.2) is 41.1 Å². The molecule has 0 unspecified atom stereocenters. The fraction of sp³-hybridized carbons (Fsp3) is 0.350. The molecule has 2 aromatic rings. The van der Waals surface area contributed by atoms with E-state index in [1.165, 1.54) is 16.8 Å². The summed E-state index contributed by atoms with van der Waals surface area (Å²) >= 11 is 6.46. The van der Waals surface area contributed by atoms with E-state index in [4.69, 9.17) is 16.3 Å². The van der Waals surface area contributed by atoms with Crippen molar-refractivity contribution < 1.29 is 27.9 Å². The van der Waals surface area contributed by atoms with E-state index >= 15 is 0 Å². The first kappa shape index (κ1) is 22.0. The Balaban J connectivity index is 2.11. The summed E-state index contributed by atoms with van der Waals surface area (Å²) in [5, 5.41) is 14.7. The minimum absolute atomic E-state index is 0.00227. The van der Waals surface area contributed by atoms with Crippen molar-refractivity contribution in [2.45, 2.75) is 37.7 Å². The number of hydrogen-bond donors (Lipinski definition) is 1. The van der Waals surface area contributed by atoms with Gasteiger partial charge in [-0.3, -0.25) is 9.59 Å². The number of nitrogens with zero attached hydrogens (tertiary/aromatic N) is 2. The van der Waals surface area contributed by atoms with E-state index in [1.807, 2.05) is 0 Å². The van der Waals surface area contributed by atoms with Gasteiger partial charge in [-0.25, -0.2) is 13.1 Å². The second kappa shape index (κ2) is 8.23. The lowest BCUT2D eigenvalue weighted by atomic mass is 9.89. The van der Waals surface area contributed by atoms with Crippen molar-refractivity contribution in [3.8, 4) is 5.88 Å². The van der Waals surface area contributed by atoms with Gasteiger partial charge in [-0.1, -0.05) is 11.6 Å². The number of allylic oxidation sites excluding steroid dienone is 1. The van der Waals surface area contributed by atoms with E-state index in [0.29, 0.717) is 18.0 Å². The molecule has 1 aromatic heterocycles. The Morgan fingerprint density at radius 3 is 2.43 bits per heavy atom. The summed E-state index contributed by atoms with van der Waals surface area (Å²) in [6.45, 7) is 1.56. The fourth-order valence-electron chi connectivity index (χ4n) is 3.35. The molecule has 1 aliphatic carbocycles. The molecule has 0 spiro atoms. The van der Waals surface area contributed by atoms with Crippen LogP contribution in [0.1, 0.15) is 36.1 Å². The largest absolute Gasteiger partial charge is 0.506 e. The minimum Gasteiger partial charge on any atom is -0.506 e. The van der Waals surface area contributed by atoms with Gasteiger partial charge in [-0.2, -0.15) is 5.10 Å². The molecular formula is C20H21ClN2O6S. The van der Waals surface area contributed by atoms with E-state index in [2.05, 4.69) is 5.10 Å². The maximum absolute atomic E-state index is 12.3. The van der Waals surface area contributed by atoms with Gasteiger partial charge in [0.25, 0.3) is 0 Å². The number of carbonyl (C=O) groups excluding carboxylic acids is 2. The first-order valence-electron chi connectivity index (χ1n) is 9.15. The maximum Gasteiger partial charge on any atom is 0.212 e. The van der Waals surface area contributed by atoms with Crippen LogP contribution in [0.3, 0.4) is 0 Å². The highest BCUT2D eigenvalue weighted by atomic mass is 35.5. The lowest BCUT2D eigenvalue weighted by Crippen LogP contribution is -2.20. The molecule has 1 aliphatic rings. The zero-order valence-corrected chi connectivity index (χ0v) is 18.3. The summed E-state index contributed by atoms with van der Waals surface area (Å²) in [6, 6.07) is 4.24. The molecule has 0 bridgehead atoms. The average Bonchev–Trinajstić information content (AvgIpc) is 2.96. The molecule has 0 aliphatic heterocycles. The topological polar surface area (TPSA) is 116 Å². The number of aryl methyl sites for hydroxylation is 2. The number of ketones is 2. The second-order valence-electron chi connectivity index (χ2n) is 7.14. The van der Waals surface area contributed by atoms with E-state index in [9.17, 15) is 23.1 Å². The molecular weight excluding hydrogens is 432 g/mol. The van der Waals surface area contributed by atoms with Crippen molar-refractivity contribution in [1.29, 1.82) is 0 Å². The number of halogens is 1. The first-order valence-corrected chi connectivity index (χ1v) is 11.4. The lowest BCUT2D eigenvalue weighted by Gasteiger charge is -2.17. The van der Waals surface area contributed by atoms with Gasteiger partial charge in [-0.15, -0.1) is 0 Å². The number of aliphatic hydroxyl groups excluding tert-OH is 1. The highest BCUT2D eigenvalue weighted by Gasteiger charge is 2.30. The zero-order chi connectivity index (χ0) is 22.2. The van der Waals surface area contributed by atoms with Gasteiger partial charge in [0.2, 0.25) is 5.88 Å². The molecule has 160 valence electrons. The number of carbonyl (C=O) groups is 2. The number of Topliss-reactive ketones (excluding diaryl/α,β-unsaturated/α-hetero) is 2. The third-order valence-corrected chi connectivity index (χ3v) is 6.39. The number of rotatable bonds is 5. The van der Waals surface area contributed by atoms with E-state index in [1.54, 1.807) is 20.0 Å². The minimum atomic E-state index is -3.67. The SMILES string of the molecule is Cc1cc(OCc2c(S(C)(=O)=O)ccc(C(O)=C3C(=O)CCCC3=O)c2Cl)n(C)n1. The highest BCUT2D eigenvalue weighted by molar-refractivity contribution is 7.90. The molecule has 1 N–H and O–H groups in total. The van der Waals surface area contributed by atoms with Crippen LogP contribution in [0.2, 0.25) is 5.02 Å². The fourth-order valence-corrected chi connectivity index (χ4v) is 4.64. The summed E-state index contributed by atoms with van der Waals surface area (Å²) in [7, 11) is -2.00. The van der Waals surface area contributed by atoms with Crippen LogP contribution in [0, 0.1) is 6.92 Å². The van der Waals surface area contributed by atoms with Crippen molar-refractivity contribution in [2.24, 2.45) is 7.05 Å². The van der Waals surface area contributed by atoms with Gasteiger partial charge in [0.05, 0.1) is 15.6 Å². The predicted molar refractivity (Wildman–Crippen MR) is 110 cm³/mol. The molecule has 1 heterocycles. The van der Waals surface area contributed by atoms with Crippen molar-refractivity contribution in [2.75, 3.05) is 6.26 Å². The normalized spacial score (nSPS) is 14.9. The first-order chi connectivity index (χ1) is 14.0. The highest BCUT2D eigenvalue weighted by Crippen LogP contribution is 2.35. The predicted octanol–water partition coefficient (Wildman–Crippen LogP) is 2.96. The van der Waals surface area contributed by atoms with Gasteiger partial charge in [0.15, 0.2) is 21.4 Å². The maximum atomic E-state index is 12.3. The van der Waals surface area contributed by atoms with Gasteiger partial charge in [0, 0.05) is 43.3 Å². The molecule has 0 atom stereocenters. The van der Waals surface area contributed by atoms with Gasteiger partial charge >= 0.3 is 0 Å². The third-order valence-electron chi connectivity index (χ3n) is 4.78. The third kappa shape index (κ3) is 4.27. The van der Waals surface area contributed by atoms with Crippen LogP contribution in [0.15, 0.2) is 28.7 Å². The number of sulfone groups is 1. The monoisotopic (exact) mass is 452 g/mol. The number of aliphatic hydroxyl groups is 1. The molecule has 1 aromatic carbocycles. The van der Waals surface area contributed by atoms with Crippen molar-refractivity contribution >= 4 is 38.8 Å². The van der Waals surface area contributed by atoms with Crippen LogP contribution in [0.4, 0.5) is 0 Å². The van der Waals surface area contributed by atoms with Crippen LogP contribution in [0.25, 0.3) is 5.76 Å². The van der Waals surface area contributed by atoms with Gasteiger partial charge in [-0.05, 0) is 25.5 Å². The van der Waals surface area contributed by atoms with Crippen LogP contribution < -0.4 is 4.74 Å². The van der Waals surface area contributed by atoms with Crippen LogP contribution >= 0.6 is 11.6 Å². The summed E-state index contributed by atoms with van der Waals surface area (Å²) < 4.78 is 31.7. The molecule has 10 heteroatoms. The summed E-state index contributed by atoms with van der Waals surface area (Å²) in [6.07, 6.45) is 1.76. The summed E-state index contributed by atoms with van der Waals surface area (Å²) in [5.41, 5.74) is 0.526. The zero-order valence-electron chi connectivity index (χ0n) is 16.7. The number of hydrogen-bond acceptors (Lipinski definition) is 7. The quantitative estimate of drug-likeness (QED) is 0.421. The molecule has 0 saturated heterocycles. The van der Waals surface area contributed by atoms with Crippen molar-refractivity contribution in [3.05, 3.63) is 45.6 Å². The van der Waals surface area contributed by atoms with Crippen molar-refractivity contribution in [3.63, 3.8) is 0 Å². The number of benzene rings is 1. The molecule has 30 heavy (non-hydrogen) atoms. The van der Waals surface area contributed by atoms with Gasteiger partial charge in [0.1, 0.15) is 17.9 Å². The standard InChI is InChI=1S/C20H21ClN2O6S/c1-11-9-17(23(2)22-11)29-10-13-16(30(3,27)28)8-7-12(19(13)21)20(26)18-14(24)5-4-6-15(18)25/h7-9,26H,4-6,10H2,1-3H3. The smallest absolute Gasteiger partial charge is 0.212 e. The number of aromatic nitrogens is 2. The summed E-state index contributed by atoms with van der Waals surface area (Å²) in [5.74, 6) is -1.08. The van der Waals surface area contributed by atoms with E-state index in [-0.39, 0.29) is 46.1 Å². The Kier molecular flexibility index (Phi) is 6.05. The van der Waals surface area contributed by atoms with Crippen LogP contribution in [-0.2, 0) is 33.1 Å². The van der Waals surface area contributed by atoms with Gasteiger partial charge < -0.3 is 9.84 Å². The van der Waals surface area contributed by atoms with Crippen LogP contribution in [0.5, 0.6) is 5.88 Å². The Morgan fingerprint density at radius 2 is 1.90 bits per heavy atom. The average molecular weight is 453 g/mol. The molecule has 0 amide bonds. The Labute approximate surface area is 179 Å². The Bertz CT molecular complexity index is 1160. The lowest BCUT2D eigenvalue weighted by molar-refractivity contribution is -0.123. The molecule has 8 nitrogen and oxygen atoms in total. The molecule has 1 saturated carbocycles.